The second kappa shape index (κ2) is 29.0. The maximum absolute atomic E-state index is 12.2. The summed E-state index contributed by atoms with van der Waals surface area (Å²) in [6.07, 6.45) is 24.3. The van der Waals surface area contributed by atoms with Gasteiger partial charge in [-0.2, -0.15) is 0 Å². The molecule has 0 saturated carbocycles. The Morgan fingerprint density at radius 3 is 1.28 bits per heavy atom. The molecule has 0 bridgehead atoms. The minimum Gasteiger partial charge on any atom is -0.467 e. The van der Waals surface area contributed by atoms with E-state index in [1.54, 1.807) is 0 Å². The molecule has 1 atom stereocenters. The molecule has 0 aliphatic heterocycles. The molecule has 4 amide bonds. The molecule has 4 N–H and O–H groups in total. The zero-order valence-corrected chi connectivity index (χ0v) is 25.7. The summed E-state index contributed by atoms with van der Waals surface area (Å²) >= 11 is 0. The van der Waals surface area contributed by atoms with Crippen molar-refractivity contribution in [2.75, 3.05) is 26.7 Å². The van der Waals surface area contributed by atoms with E-state index in [9.17, 15) is 14.4 Å². The zero-order chi connectivity index (χ0) is 28.8. The first-order chi connectivity index (χ1) is 19.0. The van der Waals surface area contributed by atoms with Crippen molar-refractivity contribution in [3.8, 4) is 0 Å². The van der Waals surface area contributed by atoms with Gasteiger partial charge in [-0.15, -0.1) is 0 Å². The number of hydrogen-bond acceptors (Lipinski definition) is 4. The fourth-order valence-electron chi connectivity index (χ4n) is 4.61. The Bertz CT molecular complexity index is 589. The number of carbonyl (C=O) groups excluding carboxylic acids is 3. The molecule has 0 aliphatic carbocycles. The summed E-state index contributed by atoms with van der Waals surface area (Å²) in [5, 5.41) is 11.4. The van der Waals surface area contributed by atoms with Crippen molar-refractivity contribution >= 4 is 18.0 Å². The van der Waals surface area contributed by atoms with E-state index in [2.05, 4.69) is 35.1 Å². The van der Waals surface area contributed by atoms with Crippen molar-refractivity contribution in [2.45, 2.75) is 155 Å². The van der Waals surface area contributed by atoms with Crippen LogP contribution in [0.5, 0.6) is 0 Å². The summed E-state index contributed by atoms with van der Waals surface area (Å²) < 4.78 is 4.85. The predicted octanol–water partition coefficient (Wildman–Crippen LogP) is 7.36. The first kappa shape index (κ1) is 37.0. The Morgan fingerprint density at radius 1 is 0.513 bits per heavy atom. The number of carbonyl (C=O) groups is 3. The summed E-state index contributed by atoms with van der Waals surface area (Å²) in [5.74, 6) is -0.445. The van der Waals surface area contributed by atoms with Crippen molar-refractivity contribution in [3.05, 3.63) is 0 Å². The molecule has 8 nitrogen and oxygen atoms in total. The summed E-state index contributed by atoms with van der Waals surface area (Å²) in [4.78, 5) is 36.3. The highest BCUT2D eigenvalue weighted by atomic mass is 16.5. The van der Waals surface area contributed by atoms with Gasteiger partial charge in [0, 0.05) is 19.6 Å². The van der Waals surface area contributed by atoms with Crippen LogP contribution in [0, 0.1) is 0 Å². The van der Waals surface area contributed by atoms with Crippen LogP contribution in [0.2, 0.25) is 0 Å². The van der Waals surface area contributed by atoms with Gasteiger partial charge in [-0.1, -0.05) is 117 Å². The van der Waals surface area contributed by atoms with Crippen LogP contribution in [0.4, 0.5) is 9.59 Å². The van der Waals surface area contributed by atoms with Gasteiger partial charge >= 0.3 is 18.0 Å². The Labute approximate surface area is 239 Å². The molecule has 0 aromatic carbocycles. The van der Waals surface area contributed by atoms with Gasteiger partial charge in [-0.25, -0.2) is 14.4 Å². The molecule has 230 valence electrons. The largest absolute Gasteiger partial charge is 0.467 e. The lowest BCUT2D eigenvalue weighted by Crippen LogP contribution is -2.46. The van der Waals surface area contributed by atoms with Gasteiger partial charge in [0.05, 0.1) is 7.11 Å². The van der Waals surface area contributed by atoms with Crippen molar-refractivity contribution in [3.63, 3.8) is 0 Å². The van der Waals surface area contributed by atoms with E-state index in [0.29, 0.717) is 32.5 Å². The molecule has 8 heteroatoms. The monoisotopic (exact) mass is 554 g/mol. The molecular formula is C31H62N4O4. The number of rotatable bonds is 27. The molecule has 0 aromatic rings. The highest BCUT2D eigenvalue weighted by Gasteiger charge is 2.20. The van der Waals surface area contributed by atoms with Crippen molar-refractivity contribution in [2.24, 2.45) is 0 Å². The minimum atomic E-state index is -0.682. The number of hydrogen-bond donors (Lipinski definition) is 4. The Hall–Kier alpha value is -1.99. The van der Waals surface area contributed by atoms with Gasteiger partial charge < -0.3 is 26.0 Å². The molecule has 0 heterocycles. The third kappa shape index (κ3) is 26.0. The number of urea groups is 2. The van der Waals surface area contributed by atoms with Gasteiger partial charge in [-0.05, 0) is 32.1 Å². The maximum atomic E-state index is 12.2. The number of amides is 4. The third-order valence-corrected chi connectivity index (χ3v) is 7.13. The molecule has 0 aliphatic rings. The zero-order valence-electron chi connectivity index (χ0n) is 25.7. The molecule has 0 rings (SSSR count). The summed E-state index contributed by atoms with van der Waals surface area (Å²) in [5.41, 5.74) is 0. The second-order valence-corrected chi connectivity index (χ2v) is 10.8. The molecule has 0 saturated heterocycles. The molecule has 0 spiro atoms. The Balaban J connectivity index is 3.78. The average Bonchev–Trinajstić information content (AvgIpc) is 2.93. The van der Waals surface area contributed by atoms with Crippen molar-refractivity contribution in [1.29, 1.82) is 0 Å². The number of ether oxygens (including phenoxy) is 1. The molecule has 0 radical (unpaired) electrons. The second-order valence-electron chi connectivity index (χ2n) is 10.8. The number of unbranched alkanes of at least 4 members (excludes halogenated alkanes) is 17. The Morgan fingerprint density at radius 2 is 0.872 bits per heavy atom. The molecule has 1 unspecified atom stereocenters. The van der Waals surface area contributed by atoms with Crippen LogP contribution >= 0.6 is 0 Å². The SMILES string of the molecule is CCCCCCCCCCCNC(=O)NCCCCC(NC(=O)NCCCCCCCCCCC)C(=O)OC. The number of methoxy groups -OCH3 is 1. The van der Waals surface area contributed by atoms with Crippen LogP contribution in [-0.2, 0) is 9.53 Å². The van der Waals surface area contributed by atoms with E-state index in [0.717, 1.165) is 32.1 Å². The van der Waals surface area contributed by atoms with Gasteiger partial charge in [-0.3, -0.25) is 0 Å². The molecular weight excluding hydrogens is 492 g/mol. The van der Waals surface area contributed by atoms with E-state index in [1.165, 1.54) is 97.0 Å². The van der Waals surface area contributed by atoms with Gasteiger partial charge in [0.25, 0.3) is 0 Å². The molecule has 0 fully saturated rings. The highest BCUT2D eigenvalue weighted by molar-refractivity contribution is 5.83. The van der Waals surface area contributed by atoms with E-state index in [4.69, 9.17) is 4.74 Å². The van der Waals surface area contributed by atoms with Gasteiger partial charge in [0.15, 0.2) is 0 Å². The van der Waals surface area contributed by atoms with Crippen LogP contribution in [0.3, 0.4) is 0 Å². The fraction of sp³-hybridized carbons (Fsp3) is 0.903. The Kier molecular flexibility index (Phi) is 27.5. The maximum Gasteiger partial charge on any atom is 0.328 e. The number of esters is 1. The first-order valence-corrected chi connectivity index (χ1v) is 16.2. The lowest BCUT2D eigenvalue weighted by molar-refractivity contribution is -0.143. The average molecular weight is 555 g/mol. The first-order valence-electron chi connectivity index (χ1n) is 16.2. The van der Waals surface area contributed by atoms with E-state index < -0.39 is 12.0 Å². The minimum absolute atomic E-state index is 0.145. The number of nitrogens with one attached hydrogen (secondary N) is 4. The summed E-state index contributed by atoms with van der Waals surface area (Å²) in [6.45, 7) is 6.31. The smallest absolute Gasteiger partial charge is 0.328 e. The lowest BCUT2D eigenvalue weighted by atomic mass is 10.1. The standard InChI is InChI=1S/C31H62N4O4/c1-4-6-8-10-12-14-16-18-21-25-32-30(37)33-27-23-20-24-28(29(36)39-3)35-31(38)34-26-22-19-17-15-13-11-9-7-5-2/h28H,4-27H2,1-3H3,(H2,32,33,37)(H2,34,35,38). The van der Waals surface area contributed by atoms with E-state index >= 15 is 0 Å². The van der Waals surface area contributed by atoms with Gasteiger partial charge in [0.2, 0.25) is 0 Å². The normalized spacial score (nSPS) is 11.6. The molecule has 39 heavy (non-hydrogen) atoms. The third-order valence-electron chi connectivity index (χ3n) is 7.13. The van der Waals surface area contributed by atoms with Crippen LogP contribution in [-0.4, -0.2) is 50.8 Å². The summed E-state index contributed by atoms with van der Waals surface area (Å²) in [6, 6.07) is -1.16. The lowest BCUT2D eigenvalue weighted by Gasteiger charge is -2.17. The topological polar surface area (TPSA) is 109 Å². The van der Waals surface area contributed by atoms with Crippen LogP contribution < -0.4 is 21.3 Å². The quantitative estimate of drug-likeness (QED) is 0.0628. The molecule has 0 aromatic heterocycles. The van der Waals surface area contributed by atoms with Crippen molar-refractivity contribution in [1.82, 2.24) is 21.3 Å². The van der Waals surface area contributed by atoms with Gasteiger partial charge in [0.1, 0.15) is 6.04 Å². The predicted molar refractivity (Wildman–Crippen MR) is 162 cm³/mol. The van der Waals surface area contributed by atoms with Crippen LogP contribution in [0.25, 0.3) is 0 Å². The van der Waals surface area contributed by atoms with E-state index in [1.807, 2.05) is 0 Å². The van der Waals surface area contributed by atoms with Crippen LogP contribution in [0.15, 0.2) is 0 Å². The van der Waals surface area contributed by atoms with Crippen LogP contribution in [0.1, 0.15) is 149 Å². The van der Waals surface area contributed by atoms with Crippen molar-refractivity contribution < 1.29 is 19.1 Å². The highest BCUT2D eigenvalue weighted by Crippen LogP contribution is 2.10. The van der Waals surface area contributed by atoms with E-state index in [-0.39, 0.29) is 12.1 Å². The fourth-order valence-corrected chi connectivity index (χ4v) is 4.61. The summed E-state index contributed by atoms with van der Waals surface area (Å²) in [7, 11) is 1.33.